The van der Waals surface area contributed by atoms with Crippen LogP contribution >= 0.6 is 23.2 Å². The van der Waals surface area contributed by atoms with E-state index in [0.717, 1.165) is 0 Å². The van der Waals surface area contributed by atoms with E-state index in [0.29, 0.717) is 12.5 Å². The molecule has 0 aromatic heterocycles. The summed E-state index contributed by atoms with van der Waals surface area (Å²) in [5.41, 5.74) is 0. The van der Waals surface area contributed by atoms with Gasteiger partial charge in [-0.15, -0.1) is 23.2 Å². The molecule has 0 aromatic rings. The van der Waals surface area contributed by atoms with Crippen molar-refractivity contribution in [3.05, 3.63) is 0 Å². The standard InChI is InChI=1S/C5H9ClO2.C4H10O2.C3H7ClO2/c1-4-7-3-5(2-6)8-4;1-4(5-2)6-3;4-1-3(6)2-5/h4-5H,2-3H2,1H3;4H,1-3H3;3,5-6H,1-2H2. The molecule has 0 bridgehead atoms. The van der Waals surface area contributed by atoms with Crippen LogP contribution in [0.5, 0.6) is 0 Å². The summed E-state index contributed by atoms with van der Waals surface area (Å²) < 4.78 is 19.6. The van der Waals surface area contributed by atoms with Crippen molar-refractivity contribution >= 4 is 23.2 Å². The molecule has 20 heavy (non-hydrogen) atoms. The average molecular weight is 337 g/mol. The lowest BCUT2D eigenvalue weighted by Crippen LogP contribution is -2.12. The molecule has 1 fully saturated rings. The van der Waals surface area contributed by atoms with E-state index < -0.39 is 6.10 Å². The van der Waals surface area contributed by atoms with E-state index in [4.69, 9.17) is 42.9 Å². The molecule has 0 aromatic carbocycles. The first-order valence-corrected chi connectivity index (χ1v) is 7.25. The molecule has 6 nitrogen and oxygen atoms in total. The molecule has 1 aliphatic rings. The van der Waals surface area contributed by atoms with E-state index in [1.54, 1.807) is 14.2 Å². The average Bonchev–Trinajstić information content (AvgIpc) is 2.92. The molecule has 1 aliphatic heterocycles. The highest BCUT2D eigenvalue weighted by Gasteiger charge is 2.20. The van der Waals surface area contributed by atoms with Gasteiger partial charge >= 0.3 is 0 Å². The highest BCUT2D eigenvalue weighted by molar-refractivity contribution is 6.18. The van der Waals surface area contributed by atoms with Gasteiger partial charge in [0.25, 0.3) is 0 Å². The van der Waals surface area contributed by atoms with Crippen LogP contribution in [0.3, 0.4) is 0 Å². The zero-order valence-corrected chi connectivity index (χ0v) is 13.9. The van der Waals surface area contributed by atoms with Crippen molar-refractivity contribution in [2.24, 2.45) is 0 Å². The van der Waals surface area contributed by atoms with Crippen molar-refractivity contribution in [2.75, 3.05) is 39.2 Å². The van der Waals surface area contributed by atoms with Crippen molar-refractivity contribution in [3.63, 3.8) is 0 Å². The van der Waals surface area contributed by atoms with Gasteiger partial charge in [-0.05, 0) is 13.8 Å². The number of methoxy groups -OCH3 is 2. The molecular formula is C12H26Cl2O6. The number of aliphatic hydroxyl groups excluding tert-OH is 2. The van der Waals surface area contributed by atoms with Crippen LogP contribution < -0.4 is 0 Å². The Labute approximate surface area is 130 Å². The Hall–Kier alpha value is 0.340. The smallest absolute Gasteiger partial charge is 0.155 e. The Bertz CT molecular complexity index is 181. The molecule has 124 valence electrons. The summed E-state index contributed by atoms with van der Waals surface area (Å²) >= 11 is 10.5. The first-order valence-electron chi connectivity index (χ1n) is 6.18. The lowest BCUT2D eigenvalue weighted by atomic mass is 10.4. The molecule has 0 saturated carbocycles. The van der Waals surface area contributed by atoms with Gasteiger partial charge in [0.1, 0.15) is 0 Å². The normalized spacial score (nSPS) is 22.6. The molecule has 3 atom stereocenters. The molecule has 0 aliphatic carbocycles. The van der Waals surface area contributed by atoms with E-state index in [-0.39, 0.29) is 31.2 Å². The summed E-state index contributed by atoms with van der Waals surface area (Å²) in [5, 5.41) is 16.3. The summed E-state index contributed by atoms with van der Waals surface area (Å²) in [6.45, 7) is 4.10. The van der Waals surface area contributed by atoms with Crippen LogP contribution in [-0.2, 0) is 18.9 Å². The maximum atomic E-state index is 8.28. The van der Waals surface area contributed by atoms with Crippen molar-refractivity contribution in [3.8, 4) is 0 Å². The van der Waals surface area contributed by atoms with Gasteiger partial charge in [-0.25, -0.2) is 0 Å². The van der Waals surface area contributed by atoms with Crippen LogP contribution in [0.25, 0.3) is 0 Å². The van der Waals surface area contributed by atoms with Crippen LogP contribution in [-0.4, -0.2) is 74.2 Å². The number of ether oxygens (including phenoxy) is 4. The van der Waals surface area contributed by atoms with Crippen molar-refractivity contribution in [1.29, 1.82) is 0 Å². The molecule has 0 radical (unpaired) electrons. The predicted molar refractivity (Wildman–Crippen MR) is 78.3 cm³/mol. The maximum absolute atomic E-state index is 8.28. The van der Waals surface area contributed by atoms with Gasteiger partial charge in [-0.1, -0.05) is 0 Å². The monoisotopic (exact) mass is 336 g/mol. The lowest BCUT2D eigenvalue weighted by Gasteiger charge is -2.03. The third-order valence-corrected chi connectivity index (χ3v) is 2.83. The molecule has 1 saturated heterocycles. The molecule has 2 N–H and O–H groups in total. The summed E-state index contributed by atoms with van der Waals surface area (Å²) in [5.74, 6) is 0.640. The summed E-state index contributed by atoms with van der Waals surface area (Å²) in [4.78, 5) is 0. The Morgan fingerprint density at radius 3 is 1.95 bits per heavy atom. The van der Waals surface area contributed by atoms with E-state index in [1.165, 1.54) is 0 Å². The first kappa shape index (κ1) is 22.6. The lowest BCUT2D eigenvalue weighted by molar-refractivity contribution is -0.0877. The van der Waals surface area contributed by atoms with Crippen LogP contribution in [0, 0.1) is 0 Å². The van der Waals surface area contributed by atoms with E-state index in [2.05, 4.69) is 9.47 Å². The van der Waals surface area contributed by atoms with Crippen molar-refractivity contribution < 1.29 is 29.2 Å². The first-order chi connectivity index (χ1) is 9.44. The summed E-state index contributed by atoms with van der Waals surface area (Å²) in [6, 6.07) is 0. The topological polar surface area (TPSA) is 77.4 Å². The number of halogens is 2. The van der Waals surface area contributed by atoms with Crippen molar-refractivity contribution in [1.82, 2.24) is 0 Å². The van der Waals surface area contributed by atoms with Gasteiger partial charge in [0.2, 0.25) is 0 Å². The van der Waals surface area contributed by atoms with Gasteiger partial charge in [0.05, 0.1) is 37.2 Å². The molecule has 1 heterocycles. The van der Waals surface area contributed by atoms with Gasteiger partial charge in [0, 0.05) is 14.2 Å². The zero-order valence-electron chi connectivity index (χ0n) is 12.4. The fraction of sp³-hybridized carbons (Fsp3) is 1.00. The van der Waals surface area contributed by atoms with Crippen molar-refractivity contribution in [2.45, 2.75) is 38.6 Å². The third kappa shape index (κ3) is 14.7. The fourth-order valence-electron chi connectivity index (χ4n) is 0.818. The Kier molecular flexibility index (Phi) is 17.8. The number of hydrogen-bond acceptors (Lipinski definition) is 6. The second kappa shape index (κ2) is 15.7. The Morgan fingerprint density at radius 2 is 1.85 bits per heavy atom. The third-order valence-electron chi connectivity index (χ3n) is 2.13. The molecule has 8 heteroatoms. The molecular weight excluding hydrogens is 311 g/mol. The largest absolute Gasteiger partial charge is 0.394 e. The Morgan fingerprint density at radius 1 is 1.30 bits per heavy atom. The molecule has 3 unspecified atom stereocenters. The Balaban J connectivity index is 0. The summed E-state index contributed by atoms with van der Waals surface area (Å²) in [6.07, 6.45) is -0.748. The van der Waals surface area contributed by atoms with Gasteiger partial charge in [0.15, 0.2) is 12.6 Å². The number of aliphatic hydroxyl groups is 2. The quantitative estimate of drug-likeness (QED) is 0.580. The second-order valence-electron chi connectivity index (χ2n) is 3.84. The number of hydrogen-bond donors (Lipinski definition) is 2. The summed E-state index contributed by atoms with van der Waals surface area (Å²) in [7, 11) is 3.21. The van der Waals surface area contributed by atoms with Crippen LogP contribution in [0.4, 0.5) is 0 Å². The maximum Gasteiger partial charge on any atom is 0.155 e. The minimum atomic E-state index is -0.744. The number of alkyl halides is 2. The highest BCUT2D eigenvalue weighted by Crippen LogP contribution is 2.10. The molecule has 0 amide bonds. The van der Waals surface area contributed by atoms with E-state index in [1.807, 2.05) is 13.8 Å². The minimum Gasteiger partial charge on any atom is -0.394 e. The van der Waals surface area contributed by atoms with Crippen LogP contribution in [0.1, 0.15) is 13.8 Å². The van der Waals surface area contributed by atoms with E-state index >= 15 is 0 Å². The minimum absolute atomic E-state index is 0.0567. The second-order valence-corrected chi connectivity index (χ2v) is 4.46. The fourth-order valence-corrected chi connectivity index (χ4v) is 1.08. The number of rotatable bonds is 5. The van der Waals surface area contributed by atoms with Crippen LogP contribution in [0.15, 0.2) is 0 Å². The molecule has 1 rings (SSSR count). The van der Waals surface area contributed by atoms with Gasteiger partial charge in [-0.2, -0.15) is 0 Å². The highest BCUT2D eigenvalue weighted by atomic mass is 35.5. The molecule has 0 spiro atoms. The zero-order chi connectivity index (χ0) is 16.0. The van der Waals surface area contributed by atoms with Crippen LogP contribution in [0.2, 0.25) is 0 Å². The van der Waals surface area contributed by atoms with Gasteiger partial charge in [-0.3, -0.25) is 0 Å². The SMILES string of the molecule is CC1OCC(CCl)O1.COC(C)OC.OCC(O)CCl. The van der Waals surface area contributed by atoms with E-state index in [9.17, 15) is 0 Å². The van der Waals surface area contributed by atoms with Gasteiger partial charge < -0.3 is 29.2 Å². The predicted octanol–water partition coefficient (Wildman–Crippen LogP) is 1.19.